The molecule has 2 rings (SSSR count). The largest absolute Gasteiger partial charge is 0.478 e. The molecule has 0 saturated carbocycles. The third-order valence-electron chi connectivity index (χ3n) is 2.54. The number of carboxylic acid groups (broad SMARTS) is 1. The van der Waals surface area contributed by atoms with Crippen molar-refractivity contribution in [3.05, 3.63) is 66.8 Å². The van der Waals surface area contributed by atoms with E-state index >= 15 is 0 Å². The lowest BCUT2D eigenvalue weighted by Gasteiger charge is -1.94. The highest BCUT2D eigenvalue weighted by Gasteiger charge is 2.17. The summed E-state index contributed by atoms with van der Waals surface area (Å²) in [6.45, 7) is 1.54. The summed E-state index contributed by atoms with van der Waals surface area (Å²) >= 11 is -0.421. The molecule has 0 atom stereocenters. The average Bonchev–Trinajstić information content (AvgIpc) is 2.39. The van der Waals surface area contributed by atoms with Crippen LogP contribution in [-0.4, -0.2) is 16.9 Å². The molecule has 4 heteroatoms. The summed E-state index contributed by atoms with van der Waals surface area (Å²) in [4.78, 5) is 22.1. The molecule has 0 bridgehead atoms. The Morgan fingerprint density at radius 2 is 1.63 bits per heavy atom. The van der Waals surface area contributed by atoms with E-state index in [-0.39, 0.29) is 5.78 Å². The van der Waals surface area contributed by atoms with Gasteiger partial charge in [-0.25, -0.2) is 4.79 Å². The first-order valence-corrected chi connectivity index (χ1v) is 7.81. The van der Waals surface area contributed by atoms with Gasteiger partial charge in [-0.3, -0.25) is 4.79 Å². The van der Waals surface area contributed by atoms with E-state index in [1.807, 2.05) is 30.3 Å². The van der Waals surface area contributed by atoms with Crippen LogP contribution in [-0.2, 0) is 0 Å². The molecule has 0 aromatic heterocycles. The fourth-order valence-corrected chi connectivity index (χ4v) is 3.87. The topological polar surface area (TPSA) is 54.4 Å². The summed E-state index contributed by atoms with van der Waals surface area (Å²) in [5.41, 5.74) is 1.02. The second kappa shape index (κ2) is 5.97. The number of carboxylic acids is 1. The fourth-order valence-electron chi connectivity index (χ4n) is 1.55. The highest BCUT2D eigenvalue weighted by atomic mass is 127. The number of Topliss-reactive ketones (excluding diaryl/α,β-unsaturated/α-hetero) is 1. The van der Waals surface area contributed by atoms with Gasteiger partial charge in [0.1, 0.15) is 0 Å². The Hall–Kier alpha value is -1.69. The number of hydrogen-bond donors (Lipinski definition) is 1. The van der Waals surface area contributed by atoms with Crippen molar-refractivity contribution < 1.29 is 35.9 Å². The summed E-state index contributed by atoms with van der Waals surface area (Å²) in [5.74, 6) is -0.851. The third kappa shape index (κ3) is 3.64. The van der Waals surface area contributed by atoms with Crippen LogP contribution in [0.4, 0.5) is 0 Å². The van der Waals surface area contributed by atoms with Crippen molar-refractivity contribution in [2.75, 3.05) is 0 Å². The van der Waals surface area contributed by atoms with Crippen molar-refractivity contribution in [1.29, 1.82) is 0 Å². The van der Waals surface area contributed by atoms with Crippen molar-refractivity contribution >= 4 is 11.8 Å². The Labute approximate surface area is 121 Å². The second-order valence-electron chi connectivity index (χ2n) is 3.97. The second-order valence-corrected chi connectivity index (χ2v) is 7.00. The van der Waals surface area contributed by atoms with Gasteiger partial charge in [0.15, 0.2) is 12.9 Å². The molecule has 0 aliphatic carbocycles. The molecule has 3 nitrogen and oxygen atoms in total. The molecule has 96 valence electrons. The lowest BCUT2D eigenvalue weighted by atomic mass is 10.2. The van der Waals surface area contributed by atoms with Gasteiger partial charge in [-0.05, 0) is 43.3 Å². The Bertz CT molecular complexity index is 618. The lowest BCUT2D eigenvalue weighted by molar-refractivity contribution is -0.597. The molecule has 0 fully saturated rings. The van der Waals surface area contributed by atoms with Crippen molar-refractivity contribution in [2.24, 2.45) is 0 Å². The highest BCUT2D eigenvalue weighted by molar-refractivity contribution is 5.93. The number of carbonyl (C=O) groups is 2. The van der Waals surface area contributed by atoms with E-state index in [9.17, 15) is 9.59 Å². The Morgan fingerprint density at radius 1 is 0.947 bits per heavy atom. The molecule has 0 saturated heterocycles. The van der Waals surface area contributed by atoms with Gasteiger partial charge in [-0.15, -0.1) is 0 Å². The predicted octanol–water partition coefficient (Wildman–Crippen LogP) is -0.284. The first-order chi connectivity index (χ1) is 9.06. The van der Waals surface area contributed by atoms with E-state index in [2.05, 4.69) is 0 Å². The summed E-state index contributed by atoms with van der Waals surface area (Å²) < 4.78 is 2.21. The summed E-state index contributed by atoms with van der Waals surface area (Å²) in [6.07, 6.45) is 0. The minimum absolute atomic E-state index is 0.0534. The van der Waals surface area contributed by atoms with E-state index < -0.39 is 27.2 Å². The van der Waals surface area contributed by atoms with Crippen LogP contribution < -0.4 is 21.2 Å². The number of carbonyl (C=O) groups excluding carboxylic acids is 1. The maximum absolute atomic E-state index is 11.2. The smallest absolute Gasteiger partial charge is 0.357 e. The van der Waals surface area contributed by atoms with Crippen LogP contribution in [0, 0.1) is 7.14 Å². The van der Waals surface area contributed by atoms with E-state index in [1.54, 1.807) is 25.1 Å². The van der Waals surface area contributed by atoms with Crippen molar-refractivity contribution in [3.8, 4) is 0 Å². The minimum atomic E-state index is -0.905. The molecule has 0 amide bonds. The van der Waals surface area contributed by atoms with Crippen LogP contribution in [0.15, 0.2) is 48.5 Å². The molecular formula is C15H12IO3+. The number of ketones is 1. The maximum Gasteiger partial charge on any atom is 0.357 e. The zero-order valence-electron chi connectivity index (χ0n) is 10.3. The molecule has 19 heavy (non-hydrogen) atoms. The van der Waals surface area contributed by atoms with Gasteiger partial charge in [0.05, 0.1) is 5.56 Å². The van der Waals surface area contributed by atoms with E-state index in [0.717, 1.165) is 7.14 Å². The van der Waals surface area contributed by atoms with Crippen molar-refractivity contribution in [1.82, 2.24) is 0 Å². The quantitative estimate of drug-likeness (QED) is 0.597. The third-order valence-corrected chi connectivity index (χ3v) is 5.18. The van der Waals surface area contributed by atoms with Gasteiger partial charge in [-0.1, -0.05) is 6.07 Å². The van der Waals surface area contributed by atoms with Gasteiger partial charge in [0.25, 0.3) is 0 Å². The molecule has 2 aromatic rings. The van der Waals surface area contributed by atoms with Crippen LogP contribution in [0.1, 0.15) is 27.6 Å². The molecule has 2 aromatic carbocycles. The highest BCUT2D eigenvalue weighted by Crippen LogP contribution is 1.99. The van der Waals surface area contributed by atoms with Gasteiger partial charge in [0.2, 0.25) is 0 Å². The van der Waals surface area contributed by atoms with Crippen LogP contribution in [0.5, 0.6) is 0 Å². The zero-order chi connectivity index (χ0) is 13.8. The normalized spacial score (nSPS) is 10.2. The molecule has 1 N–H and O–H groups in total. The summed E-state index contributed by atoms with van der Waals surface area (Å²) in [6, 6.07) is 14.5. The maximum atomic E-state index is 11.2. The van der Waals surface area contributed by atoms with Crippen molar-refractivity contribution in [2.45, 2.75) is 6.92 Å². The molecule has 0 radical (unpaired) electrons. The first-order valence-electron chi connectivity index (χ1n) is 5.65. The molecule has 0 aliphatic rings. The van der Waals surface area contributed by atoms with Gasteiger partial charge in [0, 0.05) is 11.6 Å². The number of rotatable bonds is 4. The molecule has 0 aliphatic heterocycles. The van der Waals surface area contributed by atoms with Crippen LogP contribution >= 0.6 is 0 Å². The van der Waals surface area contributed by atoms with Crippen LogP contribution in [0.3, 0.4) is 0 Å². The van der Waals surface area contributed by atoms with Crippen molar-refractivity contribution in [3.63, 3.8) is 0 Å². The molecular weight excluding hydrogens is 355 g/mol. The van der Waals surface area contributed by atoms with Gasteiger partial charge < -0.3 is 5.11 Å². The average molecular weight is 367 g/mol. The molecule has 0 unspecified atom stereocenters. The Morgan fingerprint density at radius 3 is 2.21 bits per heavy atom. The fraction of sp³-hybridized carbons (Fsp3) is 0.0667. The minimum Gasteiger partial charge on any atom is -0.478 e. The number of aromatic carboxylic acids is 1. The SMILES string of the molecule is CC(=O)c1ccc([I+]c2cccc(C(=O)O)c2)cc1. The van der Waals surface area contributed by atoms with Gasteiger partial charge >= 0.3 is 27.2 Å². The first kappa shape index (κ1) is 13.7. The number of hydrogen-bond acceptors (Lipinski definition) is 2. The van der Waals surface area contributed by atoms with Crippen LogP contribution in [0.2, 0.25) is 0 Å². The summed E-state index contributed by atoms with van der Waals surface area (Å²) in [5, 5.41) is 8.95. The number of benzene rings is 2. The monoisotopic (exact) mass is 367 g/mol. The Balaban J connectivity index is 2.19. The number of halogens is 1. The van der Waals surface area contributed by atoms with Gasteiger partial charge in [-0.2, -0.15) is 0 Å². The zero-order valence-corrected chi connectivity index (χ0v) is 12.4. The Kier molecular flexibility index (Phi) is 4.31. The molecule has 0 heterocycles. The standard InChI is InChI=1S/C15H11IO3/c1-10(17)11-5-7-13(8-6-11)16-14-4-2-3-12(9-14)15(18)19/h2-9H,1H3/p+1. The lowest BCUT2D eigenvalue weighted by Crippen LogP contribution is -3.61. The summed E-state index contributed by atoms with van der Waals surface area (Å²) in [7, 11) is 0. The van der Waals surface area contributed by atoms with Crippen LogP contribution in [0.25, 0.3) is 0 Å². The molecule has 0 spiro atoms. The van der Waals surface area contributed by atoms with E-state index in [1.165, 1.54) is 0 Å². The van der Waals surface area contributed by atoms with E-state index in [4.69, 9.17) is 5.11 Å². The predicted molar refractivity (Wildman–Crippen MR) is 67.2 cm³/mol. The van der Waals surface area contributed by atoms with E-state index in [0.29, 0.717) is 11.1 Å².